The van der Waals surface area contributed by atoms with Gasteiger partial charge in [-0.2, -0.15) is 0 Å². The molecule has 0 spiro atoms. The SMILES string of the molecule is CC1CCCC(NS(=O)(=O)c2cc(Cl)cc(N)c2Br)C1. The number of nitrogen functional groups attached to an aromatic ring is 1. The van der Waals surface area contributed by atoms with E-state index in [2.05, 4.69) is 27.6 Å². The molecule has 20 heavy (non-hydrogen) atoms. The zero-order valence-corrected chi connectivity index (χ0v) is 14.4. The molecule has 3 N–H and O–H groups in total. The molecule has 1 aromatic rings. The number of nitrogens with two attached hydrogens (primary N) is 1. The second kappa shape index (κ2) is 6.22. The van der Waals surface area contributed by atoms with Crippen LogP contribution in [-0.4, -0.2) is 14.5 Å². The first kappa shape index (κ1) is 16.1. The van der Waals surface area contributed by atoms with Gasteiger partial charge in [0.1, 0.15) is 0 Å². The lowest BCUT2D eigenvalue weighted by Crippen LogP contribution is -2.38. The first-order valence-corrected chi connectivity index (χ1v) is 9.22. The van der Waals surface area contributed by atoms with E-state index < -0.39 is 10.0 Å². The van der Waals surface area contributed by atoms with Gasteiger partial charge in [-0.1, -0.05) is 31.4 Å². The first-order valence-electron chi connectivity index (χ1n) is 6.56. The maximum absolute atomic E-state index is 12.5. The largest absolute Gasteiger partial charge is 0.398 e. The molecular formula is C13H18BrClN2O2S. The number of halogens is 2. The van der Waals surface area contributed by atoms with Crippen molar-refractivity contribution in [2.24, 2.45) is 5.92 Å². The van der Waals surface area contributed by atoms with Gasteiger partial charge in [0, 0.05) is 16.8 Å². The Hall–Kier alpha value is -0.300. The van der Waals surface area contributed by atoms with Gasteiger partial charge >= 0.3 is 0 Å². The Labute approximate surface area is 133 Å². The summed E-state index contributed by atoms with van der Waals surface area (Å²) in [6, 6.07) is 2.92. The lowest BCUT2D eigenvalue weighted by atomic mass is 9.88. The molecule has 0 radical (unpaired) electrons. The molecule has 0 amide bonds. The van der Waals surface area contributed by atoms with Gasteiger partial charge in [0.05, 0.1) is 9.37 Å². The molecule has 112 valence electrons. The highest BCUT2D eigenvalue weighted by Crippen LogP contribution is 2.32. The van der Waals surface area contributed by atoms with Gasteiger partial charge in [0.25, 0.3) is 0 Å². The molecule has 1 aliphatic carbocycles. The van der Waals surface area contributed by atoms with Crippen molar-refractivity contribution in [1.29, 1.82) is 0 Å². The fourth-order valence-electron chi connectivity index (χ4n) is 2.60. The van der Waals surface area contributed by atoms with Gasteiger partial charge in [-0.15, -0.1) is 0 Å². The second-order valence-corrected chi connectivity index (χ2v) is 8.31. The summed E-state index contributed by atoms with van der Waals surface area (Å²) in [4.78, 5) is 0.0979. The van der Waals surface area contributed by atoms with Crippen LogP contribution in [0.5, 0.6) is 0 Å². The van der Waals surface area contributed by atoms with E-state index in [1.807, 2.05) is 0 Å². The second-order valence-electron chi connectivity index (χ2n) is 5.40. The average molecular weight is 382 g/mol. The van der Waals surface area contributed by atoms with Gasteiger partial charge in [-0.3, -0.25) is 0 Å². The molecule has 2 atom stereocenters. The van der Waals surface area contributed by atoms with Crippen LogP contribution in [0.3, 0.4) is 0 Å². The van der Waals surface area contributed by atoms with Crippen molar-refractivity contribution in [2.45, 2.75) is 43.5 Å². The molecule has 0 bridgehead atoms. The van der Waals surface area contributed by atoms with Crippen LogP contribution in [0.2, 0.25) is 5.02 Å². The summed E-state index contributed by atoms with van der Waals surface area (Å²) in [5.41, 5.74) is 6.06. The monoisotopic (exact) mass is 380 g/mol. The maximum atomic E-state index is 12.5. The zero-order valence-electron chi connectivity index (χ0n) is 11.2. The highest BCUT2D eigenvalue weighted by atomic mass is 79.9. The molecule has 7 heteroatoms. The molecule has 4 nitrogen and oxygen atoms in total. The summed E-state index contributed by atoms with van der Waals surface area (Å²) < 4.78 is 28.1. The fourth-order valence-corrected chi connectivity index (χ4v) is 5.18. The van der Waals surface area contributed by atoms with E-state index in [0.29, 0.717) is 21.1 Å². The Morgan fingerprint density at radius 1 is 1.40 bits per heavy atom. The Bertz CT molecular complexity index is 607. The van der Waals surface area contributed by atoms with E-state index in [4.69, 9.17) is 17.3 Å². The van der Waals surface area contributed by atoms with E-state index in [1.54, 1.807) is 0 Å². The lowest BCUT2D eigenvalue weighted by molar-refractivity contribution is 0.327. The third-order valence-electron chi connectivity index (χ3n) is 3.58. The van der Waals surface area contributed by atoms with Crippen molar-refractivity contribution in [3.63, 3.8) is 0 Å². The summed E-state index contributed by atoms with van der Waals surface area (Å²) >= 11 is 9.13. The van der Waals surface area contributed by atoms with Gasteiger partial charge in [0.2, 0.25) is 10.0 Å². The highest BCUT2D eigenvalue weighted by molar-refractivity contribution is 9.10. The maximum Gasteiger partial charge on any atom is 0.242 e. The molecule has 2 unspecified atom stereocenters. The highest BCUT2D eigenvalue weighted by Gasteiger charge is 2.26. The van der Waals surface area contributed by atoms with E-state index >= 15 is 0 Å². The molecule has 1 aliphatic rings. The Kier molecular flexibility index (Phi) is 5.00. The molecule has 0 saturated heterocycles. The van der Waals surface area contributed by atoms with Gasteiger partial charge in [0.15, 0.2) is 0 Å². The summed E-state index contributed by atoms with van der Waals surface area (Å²) in [6.07, 6.45) is 3.95. The molecule has 1 aromatic carbocycles. The van der Waals surface area contributed by atoms with Crippen molar-refractivity contribution >= 4 is 43.2 Å². The summed E-state index contributed by atoms with van der Waals surface area (Å²) in [5.74, 6) is 0.546. The normalized spacial score (nSPS) is 23.8. The van der Waals surface area contributed by atoms with Crippen LogP contribution in [0.25, 0.3) is 0 Å². The van der Waals surface area contributed by atoms with Crippen molar-refractivity contribution in [2.75, 3.05) is 5.73 Å². The van der Waals surface area contributed by atoms with Crippen LogP contribution in [0.4, 0.5) is 5.69 Å². The van der Waals surface area contributed by atoms with Crippen molar-refractivity contribution in [3.05, 3.63) is 21.6 Å². The minimum Gasteiger partial charge on any atom is -0.398 e. The quantitative estimate of drug-likeness (QED) is 0.787. The molecule has 2 rings (SSSR count). The van der Waals surface area contributed by atoms with Crippen LogP contribution in [-0.2, 0) is 10.0 Å². The predicted molar refractivity (Wildman–Crippen MR) is 85.3 cm³/mol. The van der Waals surface area contributed by atoms with Crippen LogP contribution < -0.4 is 10.5 Å². The minimum atomic E-state index is -3.62. The number of anilines is 1. The minimum absolute atomic E-state index is 0.0177. The Morgan fingerprint density at radius 2 is 2.10 bits per heavy atom. The third-order valence-corrected chi connectivity index (χ3v) is 6.49. The number of hydrogen-bond donors (Lipinski definition) is 2. The number of sulfonamides is 1. The average Bonchev–Trinajstić information content (AvgIpc) is 2.33. The number of rotatable bonds is 3. The predicted octanol–water partition coefficient (Wildman–Crippen LogP) is 3.54. The van der Waals surface area contributed by atoms with Crippen LogP contribution in [0.1, 0.15) is 32.6 Å². The van der Waals surface area contributed by atoms with Crippen molar-refractivity contribution in [1.82, 2.24) is 4.72 Å². The first-order chi connectivity index (χ1) is 9.29. The van der Waals surface area contributed by atoms with Gasteiger partial charge in [-0.25, -0.2) is 13.1 Å². The summed E-state index contributed by atoms with van der Waals surface area (Å²) in [6.45, 7) is 2.15. The van der Waals surface area contributed by atoms with Crippen molar-refractivity contribution < 1.29 is 8.42 Å². The van der Waals surface area contributed by atoms with E-state index in [-0.39, 0.29) is 10.9 Å². The molecule has 1 saturated carbocycles. The molecule has 0 aromatic heterocycles. The standard InChI is InChI=1S/C13H18BrClN2O2S/c1-8-3-2-4-10(5-8)17-20(18,19)12-7-9(15)6-11(16)13(12)14/h6-8,10,17H,2-5,16H2,1H3. The van der Waals surface area contributed by atoms with Crippen LogP contribution >= 0.6 is 27.5 Å². The summed E-state index contributed by atoms with van der Waals surface area (Å²) in [7, 11) is -3.62. The van der Waals surface area contributed by atoms with E-state index in [0.717, 1.165) is 25.7 Å². The smallest absolute Gasteiger partial charge is 0.242 e. The Morgan fingerprint density at radius 3 is 2.75 bits per heavy atom. The topological polar surface area (TPSA) is 72.2 Å². The molecular weight excluding hydrogens is 364 g/mol. The lowest BCUT2D eigenvalue weighted by Gasteiger charge is -2.27. The van der Waals surface area contributed by atoms with Gasteiger partial charge < -0.3 is 5.73 Å². The summed E-state index contributed by atoms with van der Waals surface area (Å²) in [5, 5.41) is 0.308. The number of nitrogens with one attached hydrogen (secondary N) is 1. The van der Waals surface area contributed by atoms with E-state index in [9.17, 15) is 8.42 Å². The molecule has 0 aliphatic heterocycles. The van der Waals surface area contributed by atoms with Gasteiger partial charge in [-0.05, 0) is 46.8 Å². The Balaban J connectivity index is 2.26. The van der Waals surface area contributed by atoms with Crippen LogP contribution in [0, 0.1) is 5.92 Å². The number of benzene rings is 1. The van der Waals surface area contributed by atoms with Crippen molar-refractivity contribution in [3.8, 4) is 0 Å². The molecule has 0 heterocycles. The zero-order chi connectivity index (χ0) is 14.9. The number of hydrogen-bond acceptors (Lipinski definition) is 3. The fraction of sp³-hybridized carbons (Fsp3) is 0.538. The third kappa shape index (κ3) is 3.67. The van der Waals surface area contributed by atoms with E-state index in [1.165, 1.54) is 12.1 Å². The molecule has 1 fully saturated rings. The van der Waals surface area contributed by atoms with Crippen LogP contribution in [0.15, 0.2) is 21.5 Å².